The van der Waals surface area contributed by atoms with Gasteiger partial charge in [0.2, 0.25) is 0 Å². The molecule has 0 atom stereocenters. The number of hydrogen-bond acceptors (Lipinski definition) is 4. The van der Waals surface area contributed by atoms with E-state index < -0.39 is 5.97 Å². The Morgan fingerprint density at radius 3 is 1.93 bits per heavy atom. The molecule has 0 unspecified atom stereocenters. The van der Waals surface area contributed by atoms with E-state index in [1.54, 1.807) is 25.1 Å². The summed E-state index contributed by atoms with van der Waals surface area (Å²) < 4.78 is 5.46. The number of carbonyl (C=O) groups excluding carboxylic acids is 2. The Kier molecular flexibility index (Phi) is 11.2. The van der Waals surface area contributed by atoms with Gasteiger partial charge in [0, 0.05) is 23.3 Å². The van der Waals surface area contributed by atoms with E-state index in [9.17, 15) is 14.7 Å². The molecule has 0 radical (unpaired) electrons. The van der Waals surface area contributed by atoms with Crippen LogP contribution in [0.25, 0.3) is 22.3 Å². The Balaban J connectivity index is 1.63. The van der Waals surface area contributed by atoms with Crippen LogP contribution in [0.3, 0.4) is 0 Å². The van der Waals surface area contributed by atoms with Crippen LogP contribution in [0, 0.1) is 0 Å². The van der Waals surface area contributed by atoms with Gasteiger partial charge in [-0.05, 0) is 95.8 Å². The molecule has 0 aromatic heterocycles. The zero-order valence-corrected chi connectivity index (χ0v) is 25.6. The Morgan fingerprint density at radius 2 is 1.33 bits per heavy atom. The third kappa shape index (κ3) is 8.39. The summed E-state index contributed by atoms with van der Waals surface area (Å²) in [6.45, 7) is 9.46. The number of aryl methyl sites for hydroxylation is 2. The minimum absolute atomic E-state index is 0.0822. The lowest BCUT2D eigenvalue weighted by Crippen LogP contribution is -2.11. The summed E-state index contributed by atoms with van der Waals surface area (Å²) in [4.78, 5) is 26.2. The standard InChI is InChI=1S/C39H42O4/c1-5-7-8-10-28-11-13-30(14-12-28)31-15-17-32(18-16-31)34-20-19-33(9-6-2)37(26-34)38(41)35-23-29(21-22-40)24-36(25-35)43-39(42)27(3)4/h11-20,23-26,40H,3,5-10,21-22H2,1-2,4H3. The molecule has 0 saturated heterocycles. The van der Waals surface area contributed by atoms with Crippen LogP contribution in [0.2, 0.25) is 0 Å². The van der Waals surface area contributed by atoms with E-state index in [-0.39, 0.29) is 23.7 Å². The van der Waals surface area contributed by atoms with Gasteiger partial charge in [-0.25, -0.2) is 4.79 Å². The Bertz CT molecular complexity index is 1560. The highest BCUT2D eigenvalue weighted by molar-refractivity contribution is 6.11. The molecule has 1 N–H and O–H groups in total. The van der Waals surface area contributed by atoms with Crippen molar-refractivity contribution in [2.24, 2.45) is 0 Å². The predicted molar refractivity (Wildman–Crippen MR) is 176 cm³/mol. The van der Waals surface area contributed by atoms with Gasteiger partial charge in [-0.15, -0.1) is 0 Å². The van der Waals surface area contributed by atoms with E-state index >= 15 is 0 Å². The predicted octanol–water partition coefficient (Wildman–Crippen LogP) is 8.95. The van der Waals surface area contributed by atoms with Gasteiger partial charge < -0.3 is 9.84 Å². The van der Waals surface area contributed by atoms with Crippen molar-refractivity contribution < 1.29 is 19.4 Å². The van der Waals surface area contributed by atoms with Crippen molar-refractivity contribution in [3.8, 4) is 28.0 Å². The summed E-state index contributed by atoms with van der Waals surface area (Å²) >= 11 is 0. The van der Waals surface area contributed by atoms with E-state index in [1.165, 1.54) is 30.4 Å². The molecule has 4 aromatic carbocycles. The molecule has 4 rings (SSSR count). The highest BCUT2D eigenvalue weighted by atomic mass is 16.5. The van der Waals surface area contributed by atoms with Gasteiger partial charge in [-0.1, -0.05) is 100 Å². The molecule has 0 fully saturated rings. The molecule has 0 aliphatic heterocycles. The number of aliphatic hydroxyl groups excluding tert-OH is 1. The molecule has 0 saturated carbocycles. The van der Waals surface area contributed by atoms with Gasteiger partial charge in [-0.2, -0.15) is 0 Å². The summed E-state index contributed by atoms with van der Waals surface area (Å²) in [6.07, 6.45) is 6.85. The third-order valence-corrected chi connectivity index (χ3v) is 7.64. The maximum atomic E-state index is 14.0. The van der Waals surface area contributed by atoms with Gasteiger partial charge in [0.05, 0.1) is 0 Å². The van der Waals surface area contributed by atoms with E-state index in [0.29, 0.717) is 17.5 Å². The fourth-order valence-electron chi connectivity index (χ4n) is 5.23. The Hall–Kier alpha value is -4.28. The average Bonchev–Trinajstić information content (AvgIpc) is 3.01. The molecular formula is C39H42O4. The number of esters is 1. The lowest BCUT2D eigenvalue weighted by atomic mass is 9.91. The SMILES string of the molecule is C=C(C)C(=O)Oc1cc(CCO)cc(C(=O)c2cc(-c3ccc(-c4ccc(CCCCC)cc4)cc3)ccc2CCC)c1. The van der Waals surface area contributed by atoms with Crippen LogP contribution < -0.4 is 4.74 Å². The first-order chi connectivity index (χ1) is 20.8. The second kappa shape index (κ2) is 15.3. The highest BCUT2D eigenvalue weighted by Crippen LogP contribution is 2.29. The lowest BCUT2D eigenvalue weighted by molar-refractivity contribution is -0.130. The summed E-state index contributed by atoms with van der Waals surface area (Å²) in [5.74, 6) is -0.437. The van der Waals surface area contributed by atoms with Crippen molar-refractivity contribution in [1.29, 1.82) is 0 Å². The molecule has 222 valence electrons. The molecular weight excluding hydrogens is 532 g/mol. The number of benzene rings is 4. The van der Waals surface area contributed by atoms with E-state index in [4.69, 9.17) is 4.74 Å². The van der Waals surface area contributed by atoms with Crippen molar-refractivity contribution in [2.75, 3.05) is 6.61 Å². The number of aliphatic hydroxyl groups is 1. The highest BCUT2D eigenvalue weighted by Gasteiger charge is 2.18. The van der Waals surface area contributed by atoms with E-state index in [1.807, 2.05) is 12.1 Å². The number of unbranched alkanes of at least 4 members (excludes halogenated alkanes) is 2. The van der Waals surface area contributed by atoms with Crippen LogP contribution >= 0.6 is 0 Å². The normalized spacial score (nSPS) is 10.9. The monoisotopic (exact) mass is 574 g/mol. The summed E-state index contributed by atoms with van der Waals surface area (Å²) in [5.41, 5.74) is 8.70. The van der Waals surface area contributed by atoms with Crippen LogP contribution in [0.1, 0.15) is 79.1 Å². The van der Waals surface area contributed by atoms with E-state index in [0.717, 1.165) is 47.1 Å². The molecule has 0 bridgehead atoms. The fraction of sp³-hybridized carbons (Fsp3) is 0.282. The van der Waals surface area contributed by atoms with E-state index in [2.05, 4.69) is 75.0 Å². The first-order valence-corrected chi connectivity index (χ1v) is 15.3. The van der Waals surface area contributed by atoms with Gasteiger partial charge in [0.25, 0.3) is 0 Å². The second-order valence-corrected chi connectivity index (χ2v) is 11.2. The van der Waals surface area contributed by atoms with Crippen LogP contribution in [-0.2, 0) is 24.1 Å². The maximum absolute atomic E-state index is 14.0. The number of ether oxygens (including phenoxy) is 1. The van der Waals surface area contributed by atoms with Crippen molar-refractivity contribution >= 4 is 11.8 Å². The summed E-state index contributed by atoms with van der Waals surface area (Å²) in [5, 5.41) is 9.54. The van der Waals surface area contributed by atoms with Crippen LogP contribution in [0.5, 0.6) is 5.75 Å². The molecule has 0 heterocycles. The molecule has 4 heteroatoms. The number of hydrogen-bond donors (Lipinski definition) is 1. The number of carbonyl (C=O) groups is 2. The largest absolute Gasteiger partial charge is 0.423 e. The maximum Gasteiger partial charge on any atom is 0.338 e. The average molecular weight is 575 g/mol. The number of ketones is 1. The topological polar surface area (TPSA) is 63.6 Å². The Labute approximate surface area is 256 Å². The molecule has 0 aliphatic carbocycles. The van der Waals surface area contributed by atoms with Crippen molar-refractivity contribution in [3.63, 3.8) is 0 Å². The van der Waals surface area contributed by atoms with Crippen molar-refractivity contribution in [2.45, 2.75) is 65.7 Å². The quantitative estimate of drug-likeness (QED) is 0.0537. The van der Waals surface area contributed by atoms with Gasteiger partial charge in [0.1, 0.15) is 5.75 Å². The van der Waals surface area contributed by atoms with Crippen molar-refractivity contribution in [1.82, 2.24) is 0 Å². The van der Waals surface area contributed by atoms with Crippen molar-refractivity contribution in [3.05, 3.63) is 125 Å². The first kappa shape index (κ1) is 31.7. The molecule has 4 nitrogen and oxygen atoms in total. The second-order valence-electron chi connectivity index (χ2n) is 11.2. The zero-order chi connectivity index (χ0) is 30.8. The summed E-state index contributed by atoms with van der Waals surface area (Å²) in [7, 11) is 0. The smallest absolute Gasteiger partial charge is 0.338 e. The lowest BCUT2D eigenvalue weighted by Gasteiger charge is -2.14. The number of rotatable bonds is 14. The summed E-state index contributed by atoms with van der Waals surface area (Å²) in [6, 6.07) is 28.4. The van der Waals surface area contributed by atoms with Crippen LogP contribution in [-0.4, -0.2) is 23.5 Å². The van der Waals surface area contributed by atoms with Crippen LogP contribution in [0.15, 0.2) is 97.1 Å². The minimum Gasteiger partial charge on any atom is -0.423 e. The molecule has 4 aromatic rings. The minimum atomic E-state index is -0.556. The van der Waals surface area contributed by atoms with Gasteiger partial charge in [-0.3, -0.25) is 4.79 Å². The molecule has 0 amide bonds. The zero-order valence-electron chi connectivity index (χ0n) is 25.6. The van der Waals surface area contributed by atoms with Gasteiger partial charge >= 0.3 is 5.97 Å². The molecule has 0 spiro atoms. The van der Waals surface area contributed by atoms with Gasteiger partial charge in [0.15, 0.2) is 5.78 Å². The third-order valence-electron chi connectivity index (χ3n) is 7.64. The fourth-order valence-corrected chi connectivity index (χ4v) is 5.23. The first-order valence-electron chi connectivity index (χ1n) is 15.3. The molecule has 43 heavy (non-hydrogen) atoms. The molecule has 0 aliphatic rings. The Morgan fingerprint density at radius 1 is 0.698 bits per heavy atom. The van der Waals surface area contributed by atoms with Crippen LogP contribution in [0.4, 0.5) is 0 Å².